The Morgan fingerprint density at radius 2 is 2.18 bits per heavy atom. The predicted octanol–water partition coefficient (Wildman–Crippen LogP) is 2.85. The number of nitrogens with two attached hydrogens (primary N) is 1. The van der Waals surface area contributed by atoms with E-state index in [0.29, 0.717) is 6.42 Å². The lowest BCUT2D eigenvalue weighted by atomic mass is 10.2. The van der Waals surface area contributed by atoms with Crippen molar-refractivity contribution < 1.29 is 4.79 Å². The molecule has 0 atom stereocenters. The van der Waals surface area contributed by atoms with E-state index < -0.39 is 0 Å². The first kappa shape index (κ1) is 14.5. The number of halogens is 2. The summed E-state index contributed by atoms with van der Waals surface area (Å²) in [4.78, 5) is 10.5. The Morgan fingerprint density at radius 3 is 2.82 bits per heavy atom. The standard InChI is InChI=1S/C12H16BrClN2O/c13-10-5-4-9(7-11(10)14)8-16-6-2-1-3-12(15)17/h4-5,7,16H,1-3,6,8H2,(H2,15,17). The fourth-order valence-corrected chi connectivity index (χ4v) is 1.88. The molecule has 1 amide bonds. The molecule has 94 valence electrons. The van der Waals surface area contributed by atoms with E-state index in [1.807, 2.05) is 18.2 Å². The minimum atomic E-state index is -0.232. The SMILES string of the molecule is NC(=O)CCCCNCc1ccc(Br)c(Cl)c1. The van der Waals surface area contributed by atoms with Gasteiger partial charge in [-0.2, -0.15) is 0 Å². The highest BCUT2D eigenvalue weighted by molar-refractivity contribution is 9.10. The van der Waals surface area contributed by atoms with Crippen LogP contribution >= 0.6 is 27.5 Å². The highest BCUT2D eigenvalue weighted by Crippen LogP contribution is 2.22. The van der Waals surface area contributed by atoms with Crippen LogP contribution in [0.1, 0.15) is 24.8 Å². The highest BCUT2D eigenvalue weighted by atomic mass is 79.9. The number of nitrogens with one attached hydrogen (secondary N) is 1. The van der Waals surface area contributed by atoms with E-state index >= 15 is 0 Å². The molecule has 5 heteroatoms. The summed E-state index contributed by atoms with van der Waals surface area (Å²) >= 11 is 9.33. The van der Waals surface area contributed by atoms with Gasteiger partial charge in [-0.15, -0.1) is 0 Å². The Kier molecular flexibility index (Phi) is 6.55. The van der Waals surface area contributed by atoms with Gasteiger partial charge in [-0.3, -0.25) is 4.79 Å². The molecule has 0 aromatic heterocycles. The third-order valence-electron chi connectivity index (χ3n) is 2.34. The number of hydrogen-bond acceptors (Lipinski definition) is 2. The zero-order valence-electron chi connectivity index (χ0n) is 9.51. The summed E-state index contributed by atoms with van der Waals surface area (Å²) in [7, 11) is 0. The molecule has 0 aliphatic heterocycles. The van der Waals surface area contributed by atoms with Gasteiger partial charge in [-0.25, -0.2) is 0 Å². The van der Waals surface area contributed by atoms with Crippen molar-refractivity contribution >= 4 is 33.4 Å². The first-order chi connectivity index (χ1) is 8.09. The number of unbranched alkanes of at least 4 members (excludes halogenated alkanes) is 1. The molecule has 17 heavy (non-hydrogen) atoms. The number of carbonyl (C=O) groups is 1. The maximum atomic E-state index is 10.5. The lowest BCUT2D eigenvalue weighted by Gasteiger charge is -2.05. The maximum Gasteiger partial charge on any atom is 0.217 e. The molecule has 0 spiro atoms. The van der Waals surface area contributed by atoms with E-state index in [1.54, 1.807) is 0 Å². The van der Waals surface area contributed by atoms with Crippen molar-refractivity contribution in [1.82, 2.24) is 5.32 Å². The van der Waals surface area contributed by atoms with Crippen LogP contribution in [0.25, 0.3) is 0 Å². The average Bonchev–Trinajstić information content (AvgIpc) is 2.27. The summed E-state index contributed by atoms with van der Waals surface area (Å²) < 4.78 is 0.907. The molecule has 0 heterocycles. The third-order valence-corrected chi connectivity index (χ3v) is 3.57. The van der Waals surface area contributed by atoms with Gasteiger partial charge in [0.15, 0.2) is 0 Å². The normalized spacial score (nSPS) is 10.5. The van der Waals surface area contributed by atoms with E-state index in [9.17, 15) is 4.79 Å². The molecule has 0 radical (unpaired) electrons. The van der Waals surface area contributed by atoms with Crippen molar-refractivity contribution in [3.8, 4) is 0 Å². The summed E-state index contributed by atoms with van der Waals surface area (Å²) in [5, 5.41) is 4.02. The van der Waals surface area contributed by atoms with Gasteiger partial charge in [-0.05, 0) is 53.0 Å². The number of hydrogen-bond donors (Lipinski definition) is 2. The van der Waals surface area contributed by atoms with Crippen molar-refractivity contribution in [2.75, 3.05) is 6.54 Å². The van der Waals surface area contributed by atoms with Crippen LogP contribution in [0.4, 0.5) is 0 Å². The average molecular weight is 320 g/mol. The predicted molar refractivity (Wildman–Crippen MR) is 73.9 cm³/mol. The number of primary amides is 1. The molecule has 0 bridgehead atoms. The molecule has 0 aliphatic rings. The van der Waals surface area contributed by atoms with Gasteiger partial charge in [0, 0.05) is 17.4 Å². The monoisotopic (exact) mass is 318 g/mol. The second kappa shape index (κ2) is 7.69. The van der Waals surface area contributed by atoms with Gasteiger partial charge in [0.05, 0.1) is 5.02 Å². The lowest BCUT2D eigenvalue weighted by Crippen LogP contribution is -2.16. The fourth-order valence-electron chi connectivity index (χ4n) is 1.43. The quantitative estimate of drug-likeness (QED) is 0.759. The minimum absolute atomic E-state index is 0.232. The summed E-state index contributed by atoms with van der Waals surface area (Å²) in [6.07, 6.45) is 2.25. The zero-order chi connectivity index (χ0) is 12.7. The molecule has 1 rings (SSSR count). The van der Waals surface area contributed by atoms with Crippen molar-refractivity contribution in [2.24, 2.45) is 5.73 Å². The first-order valence-electron chi connectivity index (χ1n) is 5.52. The second-order valence-corrected chi connectivity index (χ2v) is 5.11. The van der Waals surface area contributed by atoms with Crippen LogP contribution in [-0.2, 0) is 11.3 Å². The minimum Gasteiger partial charge on any atom is -0.370 e. The van der Waals surface area contributed by atoms with Crippen molar-refractivity contribution in [1.29, 1.82) is 0 Å². The fraction of sp³-hybridized carbons (Fsp3) is 0.417. The van der Waals surface area contributed by atoms with Crippen LogP contribution in [0.15, 0.2) is 22.7 Å². The van der Waals surface area contributed by atoms with Crippen molar-refractivity contribution in [3.63, 3.8) is 0 Å². The summed E-state index contributed by atoms with van der Waals surface area (Å²) in [6, 6.07) is 5.89. The number of amides is 1. The van der Waals surface area contributed by atoms with E-state index in [-0.39, 0.29) is 5.91 Å². The highest BCUT2D eigenvalue weighted by Gasteiger charge is 1.99. The molecule has 3 nitrogen and oxygen atoms in total. The van der Waals surface area contributed by atoms with Gasteiger partial charge < -0.3 is 11.1 Å². The van der Waals surface area contributed by atoms with E-state index in [4.69, 9.17) is 17.3 Å². The maximum absolute atomic E-state index is 10.5. The van der Waals surface area contributed by atoms with Crippen LogP contribution in [-0.4, -0.2) is 12.5 Å². The van der Waals surface area contributed by atoms with Gasteiger partial charge in [0.2, 0.25) is 5.91 Å². The topological polar surface area (TPSA) is 55.1 Å². The van der Waals surface area contributed by atoms with Crippen LogP contribution in [0.2, 0.25) is 5.02 Å². The Morgan fingerprint density at radius 1 is 1.41 bits per heavy atom. The molecule has 3 N–H and O–H groups in total. The number of rotatable bonds is 7. The summed E-state index contributed by atoms with van der Waals surface area (Å²) in [5.74, 6) is -0.232. The van der Waals surface area contributed by atoms with Crippen LogP contribution < -0.4 is 11.1 Å². The molecule has 0 aliphatic carbocycles. The second-order valence-electron chi connectivity index (χ2n) is 3.85. The lowest BCUT2D eigenvalue weighted by molar-refractivity contribution is -0.118. The largest absolute Gasteiger partial charge is 0.370 e. The molecule has 0 fully saturated rings. The Hall–Kier alpha value is -0.580. The first-order valence-corrected chi connectivity index (χ1v) is 6.69. The Balaban J connectivity index is 2.18. The van der Waals surface area contributed by atoms with Gasteiger partial charge >= 0.3 is 0 Å². The Bertz CT molecular complexity index is 385. The molecule has 0 unspecified atom stereocenters. The van der Waals surface area contributed by atoms with Crippen LogP contribution in [0.5, 0.6) is 0 Å². The smallest absolute Gasteiger partial charge is 0.217 e. The molecule has 0 saturated carbocycles. The summed E-state index contributed by atoms with van der Waals surface area (Å²) in [6.45, 7) is 1.66. The van der Waals surface area contributed by atoms with Crippen LogP contribution in [0, 0.1) is 0 Å². The van der Waals surface area contributed by atoms with Gasteiger partial charge in [-0.1, -0.05) is 17.7 Å². The number of benzene rings is 1. The zero-order valence-corrected chi connectivity index (χ0v) is 11.9. The number of carbonyl (C=O) groups excluding carboxylic acids is 1. The van der Waals surface area contributed by atoms with E-state index in [0.717, 1.165) is 41.0 Å². The van der Waals surface area contributed by atoms with Crippen molar-refractivity contribution in [3.05, 3.63) is 33.3 Å². The van der Waals surface area contributed by atoms with E-state index in [1.165, 1.54) is 0 Å². The molecular weight excluding hydrogens is 304 g/mol. The Labute approximate surface area is 115 Å². The molecule has 1 aromatic carbocycles. The molecule has 1 aromatic rings. The molecular formula is C12H16BrClN2O. The van der Waals surface area contributed by atoms with Gasteiger partial charge in [0.1, 0.15) is 0 Å². The molecule has 0 saturated heterocycles. The summed E-state index contributed by atoms with van der Waals surface area (Å²) in [5.41, 5.74) is 6.20. The van der Waals surface area contributed by atoms with Crippen LogP contribution in [0.3, 0.4) is 0 Å². The van der Waals surface area contributed by atoms with E-state index in [2.05, 4.69) is 21.2 Å². The van der Waals surface area contributed by atoms with Gasteiger partial charge in [0.25, 0.3) is 0 Å². The van der Waals surface area contributed by atoms with Crippen molar-refractivity contribution in [2.45, 2.75) is 25.8 Å². The third kappa shape index (κ3) is 6.05.